The van der Waals surface area contributed by atoms with E-state index in [0.717, 1.165) is 63.1 Å². The summed E-state index contributed by atoms with van der Waals surface area (Å²) < 4.78 is 32.4. The van der Waals surface area contributed by atoms with Gasteiger partial charge in [-0.25, -0.2) is 13.8 Å². The fourth-order valence-electron chi connectivity index (χ4n) is 6.83. The standard InChI is InChI=1S/C19H20FIN6O3.C14H13IN6O3/c20-19(5-3-6-19)11-26-14-8-13(22-9-12(14)18(21)24-26)17-15(27(28)29)10-25(23-17)16-4-1-2-7-30-16;15-14-8-6-16-10(5-9(8)17-18-14)13-11(21(22)23)7-20(19-13)12-3-1-2-4-24-12/h8-10,16H,1-7,11H2;5-7,12H,1-4H2,(H,17,18). The monoisotopic (exact) mass is 966 g/mol. The first-order chi connectivity index (χ1) is 26.1. The van der Waals surface area contributed by atoms with Crippen molar-refractivity contribution in [3.8, 4) is 22.8 Å². The minimum atomic E-state index is -1.24. The van der Waals surface area contributed by atoms with Crippen molar-refractivity contribution in [2.75, 3.05) is 13.2 Å². The third kappa shape index (κ3) is 7.28. The molecule has 0 amide bonds. The van der Waals surface area contributed by atoms with Crippen LogP contribution in [0.1, 0.15) is 70.2 Å². The van der Waals surface area contributed by atoms with E-state index in [0.29, 0.717) is 48.5 Å². The Labute approximate surface area is 332 Å². The molecule has 2 atom stereocenters. The van der Waals surface area contributed by atoms with Gasteiger partial charge in [0.2, 0.25) is 0 Å². The molecule has 6 aromatic rings. The van der Waals surface area contributed by atoms with E-state index in [1.165, 1.54) is 21.8 Å². The van der Waals surface area contributed by atoms with Gasteiger partial charge in [0.05, 0.1) is 49.6 Å². The molecule has 1 saturated carbocycles. The molecule has 2 unspecified atom stereocenters. The molecule has 21 heteroatoms. The number of hydrogen-bond donors (Lipinski definition) is 1. The molecular formula is C33H33FI2N12O6. The number of aromatic amines is 1. The number of hydrogen-bond acceptors (Lipinski definition) is 12. The Balaban J connectivity index is 0.000000157. The highest BCUT2D eigenvalue weighted by Crippen LogP contribution is 2.39. The van der Waals surface area contributed by atoms with Gasteiger partial charge in [0.1, 0.15) is 37.9 Å². The highest BCUT2D eigenvalue weighted by atomic mass is 127. The predicted molar refractivity (Wildman–Crippen MR) is 208 cm³/mol. The van der Waals surface area contributed by atoms with E-state index in [4.69, 9.17) is 9.47 Å². The van der Waals surface area contributed by atoms with Crippen molar-refractivity contribution in [1.29, 1.82) is 0 Å². The summed E-state index contributed by atoms with van der Waals surface area (Å²) in [4.78, 5) is 30.9. The summed E-state index contributed by atoms with van der Waals surface area (Å²) in [5, 5.41) is 45.1. The number of H-pyrrole nitrogens is 1. The lowest BCUT2D eigenvalue weighted by Gasteiger charge is -2.33. The number of nitrogens with zero attached hydrogens (tertiary/aromatic N) is 11. The van der Waals surface area contributed by atoms with Gasteiger partial charge in [-0.3, -0.25) is 40.0 Å². The molecule has 6 aromatic heterocycles. The van der Waals surface area contributed by atoms with E-state index >= 15 is 0 Å². The van der Waals surface area contributed by atoms with Crippen LogP contribution in [-0.4, -0.2) is 78.2 Å². The quantitative estimate of drug-likeness (QED) is 0.0896. The number of nitro groups is 2. The molecule has 1 N–H and O–H groups in total. The van der Waals surface area contributed by atoms with Crippen molar-refractivity contribution in [1.82, 2.24) is 49.5 Å². The Hall–Kier alpha value is -4.23. The van der Waals surface area contributed by atoms with Gasteiger partial charge in [-0.2, -0.15) is 20.4 Å². The maximum absolute atomic E-state index is 14.7. The molecule has 18 nitrogen and oxygen atoms in total. The highest BCUT2D eigenvalue weighted by molar-refractivity contribution is 14.1. The largest absolute Gasteiger partial charge is 0.357 e. The van der Waals surface area contributed by atoms with E-state index in [-0.39, 0.29) is 41.8 Å². The van der Waals surface area contributed by atoms with Crippen molar-refractivity contribution in [3.05, 3.63) is 64.6 Å². The van der Waals surface area contributed by atoms with Crippen molar-refractivity contribution < 1.29 is 23.7 Å². The Morgan fingerprint density at radius 2 is 1.41 bits per heavy atom. The topological polar surface area (TPSA) is 213 Å². The molecule has 8 heterocycles. The van der Waals surface area contributed by atoms with Gasteiger partial charge in [-0.15, -0.1) is 0 Å². The van der Waals surface area contributed by atoms with Crippen molar-refractivity contribution >= 4 is 78.4 Å². The smallest absolute Gasteiger partial charge is 0.316 e. The maximum Gasteiger partial charge on any atom is 0.316 e. The van der Waals surface area contributed by atoms with E-state index in [1.807, 2.05) is 0 Å². The third-order valence-electron chi connectivity index (χ3n) is 9.87. The molecule has 0 radical (unpaired) electrons. The van der Waals surface area contributed by atoms with Crippen molar-refractivity contribution in [3.63, 3.8) is 0 Å². The Morgan fingerprint density at radius 1 is 0.833 bits per heavy atom. The second-order valence-electron chi connectivity index (χ2n) is 13.5. The zero-order valence-corrected chi connectivity index (χ0v) is 32.9. The number of ether oxygens (including phenoxy) is 2. The first-order valence-electron chi connectivity index (χ1n) is 17.5. The molecule has 0 bridgehead atoms. The van der Waals surface area contributed by atoms with Crippen LogP contribution in [-0.2, 0) is 16.0 Å². The van der Waals surface area contributed by atoms with Crippen LogP contribution in [0.5, 0.6) is 0 Å². The molecule has 0 spiro atoms. The maximum atomic E-state index is 14.7. The van der Waals surface area contributed by atoms with Gasteiger partial charge in [-0.05, 0) is 115 Å². The number of alkyl halides is 1. The van der Waals surface area contributed by atoms with Gasteiger partial charge in [0.25, 0.3) is 0 Å². The molecule has 9 rings (SSSR count). The van der Waals surface area contributed by atoms with E-state index < -0.39 is 15.5 Å². The lowest BCUT2D eigenvalue weighted by Crippen LogP contribution is -2.36. The molecule has 3 fully saturated rings. The zero-order valence-electron chi connectivity index (χ0n) is 28.6. The summed E-state index contributed by atoms with van der Waals surface area (Å²) >= 11 is 4.23. The first kappa shape index (κ1) is 36.7. The fourth-order valence-corrected chi connectivity index (χ4v) is 8.04. The van der Waals surface area contributed by atoms with E-state index in [9.17, 15) is 24.6 Å². The van der Waals surface area contributed by atoms with Crippen LogP contribution in [0.4, 0.5) is 15.8 Å². The number of fused-ring (bicyclic) bond motifs is 2. The van der Waals surface area contributed by atoms with Crippen LogP contribution < -0.4 is 0 Å². The molecular weight excluding hydrogens is 933 g/mol. The molecule has 282 valence electrons. The number of rotatable bonds is 8. The fraction of sp³-hybridized carbons (Fsp3) is 0.455. The normalized spacial score (nSPS) is 19.7. The van der Waals surface area contributed by atoms with Gasteiger partial charge >= 0.3 is 11.4 Å². The summed E-state index contributed by atoms with van der Waals surface area (Å²) in [5.41, 5.74) is 1.14. The number of pyridine rings is 2. The lowest BCUT2D eigenvalue weighted by molar-refractivity contribution is -0.384. The van der Waals surface area contributed by atoms with Gasteiger partial charge in [-0.1, -0.05) is 0 Å². The second-order valence-corrected chi connectivity index (χ2v) is 15.6. The molecule has 2 saturated heterocycles. The molecule has 1 aliphatic carbocycles. The summed E-state index contributed by atoms with van der Waals surface area (Å²) in [6.07, 6.45) is 13.0. The Kier molecular flexibility index (Phi) is 10.3. The summed E-state index contributed by atoms with van der Waals surface area (Å²) in [7, 11) is 0. The highest BCUT2D eigenvalue weighted by Gasteiger charge is 2.38. The number of aromatic nitrogens is 10. The summed E-state index contributed by atoms with van der Waals surface area (Å²) in [6, 6.07) is 3.42. The summed E-state index contributed by atoms with van der Waals surface area (Å²) in [6.45, 7) is 1.42. The Morgan fingerprint density at radius 3 is 1.93 bits per heavy atom. The lowest BCUT2D eigenvalue weighted by atomic mass is 9.82. The molecule has 3 aliphatic rings. The minimum Gasteiger partial charge on any atom is -0.357 e. The van der Waals surface area contributed by atoms with Crippen molar-refractivity contribution in [2.24, 2.45) is 0 Å². The van der Waals surface area contributed by atoms with Crippen LogP contribution in [0, 0.1) is 27.6 Å². The van der Waals surface area contributed by atoms with Gasteiger partial charge in [0.15, 0.2) is 11.4 Å². The average Bonchev–Trinajstić information content (AvgIpc) is 3.97. The van der Waals surface area contributed by atoms with Crippen molar-refractivity contribution in [2.45, 2.75) is 82.5 Å². The van der Waals surface area contributed by atoms with Crippen LogP contribution in [0.3, 0.4) is 0 Å². The minimum absolute atomic E-state index is 0.0822. The summed E-state index contributed by atoms with van der Waals surface area (Å²) in [5.74, 6) is 0. The SMILES string of the molecule is O=[N+]([O-])c1cn(C2CCCCO2)nc1-c1cc2c(cn1)c(I)nn2CC1(F)CCC1.O=[N+]([O-])c1cn(C2CCCCO2)nc1-c1cc2n[nH]c(I)c2cn1. The van der Waals surface area contributed by atoms with Crippen LogP contribution in [0.25, 0.3) is 44.6 Å². The predicted octanol–water partition coefficient (Wildman–Crippen LogP) is 7.43. The zero-order chi connectivity index (χ0) is 37.6. The number of halogens is 3. The molecule has 0 aromatic carbocycles. The van der Waals surface area contributed by atoms with E-state index in [1.54, 1.807) is 29.2 Å². The second kappa shape index (κ2) is 15.1. The molecule has 54 heavy (non-hydrogen) atoms. The van der Waals surface area contributed by atoms with Gasteiger partial charge < -0.3 is 9.47 Å². The first-order valence-corrected chi connectivity index (χ1v) is 19.6. The molecule has 2 aliphatic heterocycles. The number of nitrogens with one attached hydrogen (secondary N) is 1. The van der Waals surface area contributed by atoms with E-state index in [2.05, 4.69) is 80.6 Å². The van der Waals surface area contributed by atoms with Crippen LogP contribution in [0.2, 0.25) is 0 Å². The third-order valence-corrected chi connectivity index (χ3v) is 11.5. The van der Waals surface area contributed by atoms with Gasteiger partial charge in [0, 0.05) is 25.6 Å². The van der Waals surface area contributed by atoms with Crippen LogP contribution in [0.15, 0.2) is 36.9 Å². The average molecular weight is 967 g/mol. The Bertz CT molecular complexity index is 2360. The van der Waals surface area contributed by atoms with Crippen LogP contribution >= 0.6 is 45.2 Å².